The summed E-state index contributed by atoms with van der Waals surface area (Å²) in [6.07, 6.45) is 0. The van der Waals surface area contributed by atoms with Gasteiger partial charge in [0.1, 0.15) is 35.0 Å². The molecule has 3 N–H and O–H groups in total. The van der Waals surface area contributed by atoms with Gasteiger partial charge in [0, 0.05) is 15.6 Å². The van der Waals surface area contributed by atoms with Crippen LogP contribution in [0.25, 0.3) is 0 Å². The number of benzene rings is 3. The molecule has 1 saturated heterocycles. The smallest absolute Gasteiger partial charge is 0.352 e. The lowest BCUT2D eigenvalue weighted by atomic mass is 9.77. The van der Waals surface area contributed by atoms with Gasteiger partial charge < -0.3 is 20.6 Å². The molecular weight excluding hydrogens is 749 g/mol. The minimum absolute atomic E-state index is 0.00388. The van der Waals surface area contributed by atoms with Gasteiger partial charge in [-0.1, -0.05) is 119 Å². The van der Waals surface area contributed by atoms with Gasteiger partial charge in [-0.2, -0.15) is 0 Å². The van der Waals surface area contributed by atoms with Crippen molar-refractivity contribution >= 4 is 74.3 Å². The van der Waals surface area contributed by atoms with Crippen LogP contribution in [0, 0.1) is 0 Å². The molecule has 4 aromatic rings. The van der Waals surface area contributed by atoms with Crippen molar-refractivity contribution in [2.45, 2.75) is 23.9 Å². The summed E-state index contributed by atoms with van der Waals surface area (Å²) >= 11 is 4.83. The van der Waals surface area contributed by atoms with Crippen LogP contribution in [0.5, 0.6) is 0 Å². The number of anilines is 1. The summed E-state index contributed by atoms with van der Waals surface area (Å²) in [6.45, 7) is 1.96. The van der Waals surface area contributed by atoms with Crippen LogP contribution in [0.1, 0.15) is 29.3 Å². The molecule has 2 aliphatic heterocycles. The van der Waals surface area contributed by atoms with Crippen LogP contribution in [0.3, 0.4) is 0 Å². The quantitative estimate of drug-likeness (QED) is 0.0432. The number of thioether (sulfide) groups is 1. The van der Waals surface area contributed by atoms with E-state index in [2.05, 4.69) is 74.8 Å². The summed E-state index contributed by atoms with van der Waals surface area (Å²) in [5.41, 5.74) is 3.01. The third-order valence-corrected chi connectivity index (χ3v) is 10.9. The summed E-state index contributed by atoms with van der Waals surface area (Å²) in [5.74, 6) is -1.82. The first-order chi connectivity index (χ1) is 22.9. The molecule has 0 spiro atoms. The summed E-state index contributed by atoms with van der Waals surface area (Å²) in [6, 6.07) is 29.3. The minimum atomic E-state index is -1.15. The molecule has 1 aromatic heterocycles. The van der Waals surface area contributed by atoms with Crippen LogP contribution in [0.15, 0.2) is 113 Å². The highest BCUT2D eigenvalue weighted by Crippen LogP contribution is 2.42. The first-order valence-corrected chi connectivity index (χ1v) is 18.2. The molecule has 47 heavy (non-hydrogen) atoms. The number of aromatic nitrogens is 1. The predicted molar refractivity (Wildman–Crippen MR) is 192 cm³/mol. The van der Waals surface area contributed by atoms with Crippen LogP contribution < -0.4 is 10.6 Å². The Morgan fingerprint density at radius 2 is 1.60 bits per heavy atom. The van der Waals surface area contributed by atoms with E-state index >= 15 is 0 Å². The number of carbonyl (C=O) groups excluding carboxylic acids is 2. The van der Waals surface area contributed by atoms with Crippen molar-refractivity contribution in [3.05, 3.63) is 130 Å². The Hall–Kier alpha value is -4.21. The minimum Gasteiger partial charge on any atom is -0.477 e. The molecule has 2 aliphatic rings. The Labute approximate surface area is 293 Å². The molecule has 10 nitrogen and oxygen atoms in total. The number of oxime groups is 1. The fraction of sp³-hybridized carbons (Fsp3) is 0.206. The van der Waals surface area contributed by atoms with Crippen molar-refractivity contribution in [2.75, 3.05) is 22.1 Å². The van der Waals surface area contributed by atoms with Gasteiger partial charge in [0.25, 0.3) is 11.8 Å². The van der Waals surface area contributed by atoms with Crippen LogP contribution in [0.2, 0.25) is 0 Å². The van der Waals surface area contributed by atoms with Gasteiger partial charge in [0.15, 0.2) is 10.8 Å². The summed E-state index contributed by atoms with van der Waals surface area (Å²) < 4.78 is 0.491. The molecular formula is C34H30IN5O5S2. The number of hydrogen-bond acceptors (Lipinski definition) is 9. The zero-order valence-corrected chi connectivity index (χ0v) is 28.9. The van der Waals surface area contributed by atoms with Gasteiger partial charge in [-0.3, -0.25) is 14.5 Å². The molecule has 240 valence electrons. The van der Waals surface area contributed by atoms with E-state index < -0.39 is 34.7 Å². The first kappa shape index (κ1) is 32.7. The average Bonchev–Trinajstić information content (AvgIpc) is 3.57. The van der Waals surface area contributed by atoms with E-state index in [1.165, 1.54) is 28.0 Å². The van der Waals surface area contributed by atoms with Crippen LogP contribution in [0.4, 0.5) is 5.13 Å². The van der Waals surface area contributed by atoms with Gasteiger partial charge in [0.05, 0.1) is 0 Å². The number of nitrogens with one attached hydrogen (secondary N) is 2. The van der Waals surface area contributed by atoms with Crippen molar-refractivity contribution < 1.29 is 24.3 Å². The van der Waals surface area contributed by atoms with E-state index in [1.807, 2.05) is 54.6 Å². The zero-order chi connectivity index (χ0) is 33.0. The molecule has 0 bridgehead atoms. The normalized spacial score (nSPS) is 17.9. The molecule has 3 aromatic carbocycles. The molecule has 0 aliphatic carbocycles. The highest BCUT2D eigenvalue weighted by atomic mass is 127. The number of β-lactam (4-membered cyclic amide) rings is 1. The van der Waals surface area contributed by atoms with Crippen molar-refractivity contribution in [2.24, 2.45) is 5.16 Å². The molecule has 0 unspecified atom stereocenters. The van der Waals surface area contributed by atoms with Crippen molar-refractivity contribution in [1.82, 2.24) is 15.2 Å². The first-order valence-electron chi connectivity index (χ1n) is 14.8. The van der Waals surface area contributed by atoms with E-state index in [-0.39, 0.29) is 23.7 Å². The number of alkyl halides is 1. The van der Waals surface area contributed by atoms with E-state index in [9.17, 15) is 19.5 Å². The lowest BCUT2D eigenvalue weighted by Gasteiger charge is -2.49. The molecule has 2 atom stereocenters. The highest BCUT2D eigenvalue weighted by Gasteiger charge is 2.54. The Morgan fingerprint density at radius 1 is 1.02 bits per heavy atom. The van der Waals surface area contributed by atoms with Crippen molar-refractivity contribution in [1.29, 1.82) is 0 Å². The van der Waals surface area contributed by atoms with Crippen molar-refractivity contribution in [3.8, 4) is 0 Å². The van der Waals surface area contributed by atoms with Gasteiger partial charge in [-0.25, -0.2) is 9.78 Å². The predicted octanol–water partition coefficient (Wildman–Crippen LogP) is 5.46. The lowest BCUT2D eigenvalue weighted by molar-refractivity contribution is -0.150. The van der Waals surface area contributed by atoms with Gasteiger partial charge in [-0.15, -0.1) is 23.1 Å². The molecule has 3 heterocycles. The fourth-order valence-corrected chi connectivity index (χ4v) is 8.80. The molecule has 6 rings (SSSR count). The zero-order valence-electron chi connectivity index (χ0n) is 25.1. The Balaban J connectivity index is 1.31. The van der Waals surface area contributed by atoms with Crippen LogP contribution in [-0.4, -0.2) is 66.7 Å². The number of amides is 2. The molecule has 2 amide bonds. The molecule has 13 heteroatoms. The third kappa shape index (κ3) is 6.26. The number of fused-ring (bicyclic) bond motifs is 1. The Kier molecular flexibility index (Phi) is 9.94. The Bertz CT molecular complexity index is 1740. The topological polar surface area (TPSA) is 133 Å². The number of rotatable bonds is 12. The van der Waals surface area contributed by atoms with E-state index in [0.717, 1.165) is 16.7 Å². The maximum atomic E-state index is 13.7. The second kappa shape index (κ2) is 14.3. The number of carboxylic acid groups (broad SMARTS) is 1. The van der Waals surface area contributed by atoms with E-state index in [0.29, 0.717) is 20.9 Å². The fourth-order valence-electron chi connectivity index (χ4n) is 5.71. The lowest BCUT2D eigenvalue weighted by Crippen LogP contribution is -2.71. The molecule has 0 saturated carbocycles. The summed E-state index contributed by atoms with van der Waals surface area (Å²) in [7, 11) is 0. The van der Waals surface area contributed by atoms with Gasteiger partial charge >= 0.3 is 5.97 Å². The van der Waals surface area contributed by atoms with Crippen LogP contribution in [-0.2, 0) is 24.8 Å². The van der Waals surface area contributed by atoms with Gasteiger partial charge in [-0.05, 0) is 29.2 Å². The largest absolute Gasteiger partial charge is 0.477 e. The second-order valence-electron chi connectivity index (χ2n) is 10.6. The monoisotopic (exact) mass is 779 g/mol. The number of carboxylic acids is 1. The number of carbonyl (C=O) groups is 3. The third-order valence-electron chi connectivity index (χ3n) is 7.86. The maximum absolute atomic E-state index is 13.7. The summed E-state index contributed by atoms with van der Waals surface area (Å²) in [5, 5.41) is 22.1. The highest BCUT2D eigenvalue weighted by molar-refractivity contribution is 14.1. The van der Waals surface area contributed by atoms with E-state index in [4.69, 9.17) is 9.82 Å². The SMILES string of the molecule is CCO/N=C(\C(=O)N[C@@H]1C(=O)N2C(C(=O)O)=C(CI)CS[C@H]12)c1csc(NC(c2ccccc2)(c2ccccc2)c2ccccc2)n1. The number of thiazole rings is 1. The second-order valence-corrected chi connectivity index (χ2v) is 13.3. The molecule has 1 fully saturated rings. The summed E-state index contributed by atoms with van der Waals surface area (Å²) in [4.78, 5) is 50.2. The number of hydrogen-bond donors (Lipinski definition) is 3. The number of halogens is 1. The maximum Gasteiger partial charge on any atom is 0.352 e. The average molecular weight is 780 g/mol. The van der Waals surface area contributed by atoms with Crippen molar-refractivity contribution in [3.63, 3.8) is 0 Å². The number of aliphatic carboxylic acids is 1. The van der Waals surface area contributed by atoms with Gasteiger partial charge in [0.2, 0.25) is 0 Å². The Morgan fingerprint density at radius 3 is 2.11 bits per heavy atom. The van der Waals surface area contributed by atoms with E-state index in [1.54, 1.807) is 12.3 Å². The van der Waals surface area contributed by atoms with Crippen LogP contribution >= 0.6 is 45.7 Å². The molecule has 0 radical (unpaired) electrons. The number of nitrogens with zero attached hydrogens (tertiary/aromatic N) is 3. The standard InChI is InChI=1S/C34H30IN5O5S2/c1-2-45-39-26(29(41)37-27-30(42)40-28(32(43)44)21(18-35)19-46-31(27)40)25-20-47-33(36-25)38-34(22-12-6-3-7-13-22,23-14-8-4-9-15-23)24-16-10-5-11-17-24/h3-17,20,27,31H,2,18-19H2,1H3,(H,36,38)(H,37,41)(H,43,44)/b39-26-/t27-,31-/m1/s1.